The van der Waals surface area contributed by atoms with Gasteiger partial charge in [-0.05, 0) is 26.3 Å². The smallest absolute Gasteiger partial charge is 0.228 e. The largest absolute Gasteiger partial charge is 0.383 e. The van der Waals surface area contributed by atoms with E-state index < -0.39 is 0 Å². The molecule has 2 aromatic rings. The first-order chi connectivity index (χ1) is 12.1. The minimum Gasteiger partial charge on any atom is -0.383 e. The molecule has 7 heteroatoms. The highest BCUT2D eigenvalue weighted by atomic mass is 32.1. The number of nitrogens with zero attached hydrogens (tertiary/aromatic N) is 4. The summed E-state index contributed by atoms with van der Waals surface area (Å²) in [4.78, 5) is 28.3. The highest BCUT2D eigenvalue weighted by molar-refractivity contribution is 7.18. The van der Waals surface area contributed by atoms with Gasteiger partial charge in [0.15, 0.2) is 0 Å². The fourth-order valence-electron chi connectivity index (χ4n) is 3.43. The van der Waals surface area contributed by atoms with Crippen molar-refractivity contribution in [3.63, 3.8) is 0 Å². The number of thiophene rings is 1. The van der Waals surface area contributed by atoms with E-state index in [1.807, 2.05) is 25.7 Å². The molecule has 1 fully saturated rings. The van der Waals surface area contributed by atoms with Crippen LogP contribution in [0.5, 0.6) is 0 Å². The lowest BCUT2D eigenvalue weighted by atomic mass is 9.94. The van der Waals surface area contributed by atoms with Gasteiger partial charge >= 0.3 is 0 Å². The zero-order valence-electron chi connectivity index (χ0n) is 16.6. The summed E-state index contributed by atoms with van der Waals surface area (Å²) >= 11 is 1.68. The van der Waals surface area contributed by atoms with Gasteiger partial charge in [-0.25, -0.2) is 9.97 Å². The Labute approximate surface area is 159 Å². The van der Waals surface area contributed by atoms with E-state index in [2.05, 4.69) is 30.7 Å². The third-order valence-corrected chi connectivity index (χ3v) is 6.34. The van der Waals surface area contributed by atoms with E-state index >= 15 is 0 Å². The third kappa shape index (κ3) is 3.42. The number of aromatic nitrogens is 2. The lowest BCUT2D eigenvalue weighted by Crippen LogP contribution is -2.52. The van der Waals surface area contributed by atoms with Gasteiger partial charge in [0.25, 0.3) is 0 Å². The van der Waals surface area contributed by atoms with Crippen molar-refractivity contribution < 1.29 is 4.79 Å². The molecule has 0 spiro atoms. The second-order valence-electron chi connectivity index (χ2n) is 8.18. The van der Waals surface area contributed by atoms with Crippen LogP contribution in [0.25, 0.3) is 10.2 Å². The molecule has 0 radical (unpaired) electrons. The monoisotopic (exact) mass is 375 g/mol. The molecule has 142 valence electrons. The van der Waals surface area contributed by atoms with Crippen molar-refractivity contribution in [2.75, 3.05) is 31.9 Å². The van der Waals surface area contributed by atoms with Crippen molar-refractivity contribution in [2.24, 2.45) is 5.41 Å². The molecule has 6 nitrogen and oxygen atoms in total. The summed E-state index contributed by atoms with van der Waals surface area (Å²) in [5.74, 6) is 1.56. The Morgan fingerprint density at radius 3 is 2.35 bits per heavy atom. The first kappa shape index (κ1) is 19.0. The number of piperazine rings is 1. The van der Waals surface area contributed by atoms with Crippen molar-refractivity contribution >= 4 is 33.3 Å². The molecule has 1 saturated heterocycles. The fraction of sp³-hybridized carbons (Fsp3) is 0.632. The zero-order chi connectivity index (χ0) is 19.2. The maximum atomic E-state index is 12.5. The van der Waals surface area contributed by atoms with Gasteiger partial charge in [-0.1, -0.05) is 20.8 Å². The van der Waals surface area contributed by atoms with Crippen LogP contribution in [0.3, 0.4) is 0 Å². The van der Waals surface area contributed by atoms with Crippen molar-refractivity contribution in [1.82, 2.24) is 19.8 Å². The Hall–Kier alpha value is -1.73. The minimum absolute atomic E-state index is 0.0799. The van der Waals surface area contributed by atoms with E-state index in [1.165, 1.54) is 10.4 Å². The van der Waals surface area contributed by atoms with Crippen molar-refractivity contribution in [3.05, 3.63) is 16.3 Å². The van der Waals surface area contributed by atoms with Gasteiger partial charge in [-0.2, -0.15) is 0 Å². The Kier molecular flexibility index (Phi) is 4.96. The molecule has 3 heterocycles. The Morgan fingerprint density at radius 2 is 1.77 bits per heavy atom. The van der Waals surface area contributed by atoms with E-state index in [9.17, 15) is 4.79 Å². The molecule has 1 aliphatic heterocycles. The lowest BCUT2D eigenvalue weighted by molar-refractivity contribution is -0.141. The van der Waals surface area contributed by atoms with E-state index in [0.717, 1.165) is 42.2 Å². The van der Waals surface area contributed by atoms with Crippen LogP contribution in [0, 0.1) is 19.3 Å². The van der Waals surface area contributed by atoms with Crippen molar-refractivity contribution in [2.45, 2.75) is 47.6 Å². The quantitative estimate of drug-likeness (QED) is 0.873. The van der Waals surface area contributed by atoms with Crippen LogP contribution in [0.15, 0.2) is 0 Å². The van der Waals surface area contributed by atoms with Crippen LogP contribution in [0.4, 0.5) is 5.82 Å². The predicted molar refractivity (Wildman–Crippen MR) is 107 cm³/mol. The Morgan fingerprint density at radius 1 is 1.15 bits per heavy atom. The predicted octanol–water partition coefficient (Wildman–Crippen LogP) is 3.14. The van der Waals surface area contributed by atoms with Gasteiger partial charge in [-0.3, -0.25) is 9.69 Å². The van der Waals surface area contributed by atoms with Gasteiger partial charge in [-0.15, -0.1) is 11.3 Å². The number of hydrogen-bond acceptors (Lipinski definition) is 6. The van der Waals surface area contributed by atoms with Crippen LogP contribution in [0.2, 0.25) is 0 Å². The Balaban J connectivity index is 1.76. The third-order valence-electron chi connectivity index (χ3n) is 5.24. The van der Waals surface area contributed by atoms with Crippen molar-refractivity contribution in [1.29, 1.82) is 0 Å². The number of amides is 1. The zero-order valence-corrected chi connectivity index (χ0v) is 17.4. The average Bonchev–Trinajstić information content (AvgIpc) is 2.87. The first-order valence-corrected chi connectivity index (χ1v) is 9.97. The minimum atomic E-state index is -0.328. The molecule has 26 heavy (non-hydrogen) atoms. The van der Waals surface area contributed by atoms with E-state index in [0.29, 0.717) is 5.82 Å². The maximum Gasteiger partial charge on any atom is 0.228 e. The summed E-state index contributed by atoms with van der Waals surface area (Å²) in [7, 11) is 0. The number of carbonyl (C=O) groups is 1. The summed E-state index contributed by atoms with van der Waals surface area (Å²) in [6, 6.07) is 0.0799. The van der Waals surface area contributed by atoms with Crippen LogP contribution in [-0.2, 0) is 4.79 Å². The number of fused-ring (bicyclic) bond motifs is 1. The maximum absolute atomic E-state index is 12.5. The van der Waals surface area contributed by atoms with Gasteiger partial charge in [0, 0.05) is 36.5 Å². The first-order valence-electron chi connectivity index (χ1n) is 9.16. The van der Waals surface area contributed by atoms with Gasteiger partial charge in [0.1, 0.15) is 16.5 Å². The lowest BCUT2D eigenvalue weighted by Gasteiger charge is -2.39. The van der Waals surface area contributed by atoms with Crippen molar-refractivity contribution in [3.8, 4) is 0 Å². The number of anilines is 1. The molecular formula is C19H29N5OS. The number of aryl methyl sites for hydroxylation is 2. The highest BCUT2D eigenvalue weighted by Gasteiger charge is 2.31. The van der Waals surface area contributed by atoms with Crippen LogP contribution in [-0.4, -0.2) is 51.9 Å². The second-order valence-corrected chi connectivity index (χ2v) is 9.39. The molecule has 0 bridgehead atoms. The average molecular weight is 376 g/mol. The molecule has 0 aromatic carbocycles. The molecule has 2 aromatic heterocycles. The number of nitrogens with two attached hydrogens (primary N) is 1. The highest BCUT2D eigenvalue weighted by Crippen LogP contribution is 2.33. The Bertz CT molecular complexity index is 831. The van der Waals surface area contributed by atoms with Crippen LogP contribution < -0.4 is 5.73 Å². The molecule has 0 aliphatic carbocycles. The second kappa shape index (κ2) is 6.78. The van der Waals surface area contributed by atoms with Gasteiger partial charge < -0.3 is 10.6 Å². The molecule has 0 saturated carbocycles. The summed E-state index contributed by atoms with van der Waals surface area (Å²) in [5, 5.41) is 0.990. The van der Waals surface area contributed by atoms with E-state index in [1.54, 1.807) is 11.3 Å². The summed E-state index contributed by atoms with van der Waals surface area (Å²) < 4.78 is 0. The topological polar surface area (TPSA) is 75.4 Å². The number of nitrogen functional groups attached to an aromatic ring is 1. The normalized spacial score (nSPS) is 17.7. The molecule has 3 rings (SSSR count). The molecule has 1 aliphatic rings. The molecular weight excluding hydrogens is 346 g/mol. The number of hydrogen-bond donors (Lipinski definition) is 1. The molecule has 1 atom stereocenters. The fourth-order valence-corrected chi connectivity index (χ4v) is 4.48. The number of rotatable bonds is 2. The van der Waals surface area contributed by atoms with E-state index in [-0.39, 0.29) is 17.4 Å². The van der Waals surface area contributed by atoms with Gasteiger partial charge in [0.05, 0.1) is 11.4 Å². The van der Waals surface area contributed by atoms with Crippen LogP contribution >= 0.6 is 11.3 Å². The van der Waals surface area contributed by atoms with E-state index in [4.69, 9.17) is 10.7 Å². The SMILES string of the molecule is Cc1sc2nc(C(C)N3CCN(C(=O)C(C)(C)C)CC3)nc(N)c2c1C. The summed E-state index contributed by atoms with van der Waals surface area (Å²) in [6.45, 7) is 15.3. The van der Waals surface area contributed by atoms with Crippen LogP contribution in [0.1, 0.15) is 50.0 Å². The van der Waals surface area contributed by atoms with Gasteiger partial charge in [0.2, 0.25) is 5.91 Å². The standard InChI is InChI=1S/C19H29N5OS/c1-11-13(3)26-17-14(11)15(20)21-16(22-17)12(2)23-7-9-24(10-8-23)18(25)19(4,5)6/h12H,7-10H2,1-6H3,(H2,20,21,22). The summed E-state index contributed by atoms with van der Waals surface area (Å²) in [5.41, 5.74) is 7.08. The number of carbonyl (C=O) groups excluding carboxylic acids is 1. The molecule has 1 unspecified atom stereocenters. The molecule has 2 N–H and O–H groups in total. The summed E-state index contributed by atoms with van der Waals surface area (Å²) in [6.07, 6.45) is 0. The molecule has 1 amide bonds.